The molecule has 112 valence electrons. The number of carbonyl (C=O) groups is 1. The predicted octanol–water partition coefficient (Wildman–Crippen LogP) is 1.67. The lowest BCUT2D eigenvalue weighted by atomic mass is 9.95. The molecule has 1 saturated carbocycles. The number of aliphatic hydroxyl groups is 1. The highest BCUT2D eigenvalue weighted by Crippen LogP contribution is 2.37. The van der Waals surface area contributed by atoms with Crippen molar-refractivity contribution in [3.8, 4) is 0 Å². The minimum Gasteiger partial charge on any atom is -0.392 e. The Balaban J connectivity index is 2.08. The molecule has 6 nitrogen and oxygen atoms in total. The van der Waals surface area contributed by atoms with Gasteiger partial charge in [-0.15, -0.1) is 0 Å². The van der Waals surface area contributed by atoms with E-state index in [9.17, 15) is 9.90 Å². The van der Waals surface area contributed by atoms with Crippen molar-refractivity contribution < 1.29 is 14.4 Å². The first-order valence-corrected chi connectivity index (χ1v) is 7.23. The van der Waals surface area contributed by atoms with Gasteiger partial charge in [0.2, 0.25) is 11.8 Å². The highest BCUT2D eigenvalue weighted by Gasteiger charge is 2.41. The Morgan fingerprint density at radius 1 is 1.45 bits per heavy atom. The summed E-state index contributed by atoms with van der Waals surface area (Å²) >= 11 is 0. The molecular formula is C14H23N3O3. The van der Waals surface area contributed by atoms with Crippen molar-refractivity contribution in [2.24, 2.45) is 5.92 Å². The van der Waals surface area contributed by atoms with E-state index in [0.717, 1.165) is 25.7 Å². The van der Waals surface area contributed by atoms with Crippen molar-refractivity contribution in [1.29, 1.82) is 0 Å². The average molecular weight is 281 g/mol. The molecule has 1 aliphatic rings. The van der Waals surface area contributed by atoms with Gasteiger partial charge in [0.1, 0.15) is 5.54 Å². The van der Waals surface area contributed by atoms with Gasteiger partial charge in [0.25, 0.3) is 0 Å². The number of aromatic nitrogens is 2. The summed E-state index contributed by atoms with van der Waals surface area (Å²) in [5.74, 6) is 0.964. The van der Waals surface area contributed by atoms with Crippen LogP contribution in [0.2, 0.25) is 0 Å². The molecule has 1 heterocycles. The second-order valence-electron chi connectivity index (χ2n) is 5.99. The normalized spacial score (nSPS) is 19.2. The summed E-state index contributed by atoms with van der Waals surface area (Å²) in [5, 5.41) is 16.8. The topological polar surface area (TPSA) is 88.2 Å². The summed E-state index contributed by atoms with van der Waals surface area (Å²) < 4.78 is 5.04. The van der Waals surface area contributed by atoms with Crippen molar-refractivity contribution in [3.05, 3.63) is 11.7 Å². The van der Waals surface area contributed by atoms with Crippen LogP contribution in [-0.4, -0.2) is 27.3 Å². The van der Waals surface area contributed by atoms with Crippen LogP contribution in [0.5, 0.6) is 0 Å². The monoisotopic (exact) mass is 281 g/mol. The molecule has 1 aromatic heterocycles. The van der Waals surface area contributed by atoms with Crippen LogP contribution in [0.15, 0.2) is 4.52 Å². The summed E-state index contributed by atoms with van der Waals surface area (Å²) in [7, 11) is 0. The van der Waals surface area contributed by atoms with Gasteiger partial charge < -0.3 is 14.9 Å². The van der Waals surface area contributed by atoms with E-state index in [4.69, 9.17) is 4.52 Å². The Hall–Kier alpha value is -1.43. The van der Waals surface area contributed by atoms with Gasteiger partial charge in [0.05, 0.1) is 12.5 Å². The van der Waals surface area contributed by atoms with E-state index in [-0.39, 0.29) is 18.2 Å². The Morgan fingerprint density at radius 2 is 2.10 bits per heavy atom. The van der Waals surface area contributed by atoms with E-state index in [0.29, 0.717) is 11.7 Å². The van der Waals surface area contributed by atoms with Crippen molar-refractivity contribution in [1.82, 2.24) is 15.5 Å². The maximum Gasteiger partial charge on any atom is 0.223 e. The Morgan fingerprint density at radius 3 is 2.60 bits per heavy atom. The van der Waals surface area contributed by atoms with E-state index in [1.807, 2.05) is 13.8 Å². The lowest BCUT2D eigenvalue weighted by molar-refractivity contribution is -0.125. The molecule has 2 N–H and O–H groups in total. The van der Waals surface area contributed by atoms with E-state index < -0.39 is 11.6 Å². The molecule has 0 spiro atoms. The zero-order valence-corrected chi connectivity index (χ0v) is 12.3. The van der Waals surface area contributed by atoms with Gasteiger partial charge in [-0.25, -0.2) is 0 Å². The summed E-state index contributed by atoms with van der Waals surface area (Å²) in [6, 6.07) is 0. The number of hydrogen-bond acceptors (Lipinski definition) is 5. The van der Waals surface area contributed by atoms with Crippen LogP contribution in [-0.2, 0) is 10.3 Å². The molecule has 0 radical (unpaired) electrons. The third-order valence-electron chi connectivity index (χ3n) is 3.96. The quantitative estimate of drug-likeness (QED) is 0.857. The lowest BCUT2D eigenvalue weighted by Crippen LogP contribution is -2.45. The molecule has 2 rings (SSSR count). The summed E-state index contributed by atoms with van der Waals surface area (Å²) in [4.78, 5) is 16.4. The minimum absolute atomic E-state index is 0.0627. The maximum atomic E-state index is 12.1. The molecule has 0 aliphatic heterocycles. The minimum atomic E-state index is -0.625. The number of amides is 1. The summed E-state index contributed by atoms with van der Waals surface area (Å²) in [6.07, 6.45) is 3.17. The first-order chi connectivity index (χ1) is 9.43. The van der Waals surface area contributed by atoms with Gasteiger partial charge in [0.15, 0.2) is 5.82 Å². The highest BCUT2D eigenvalue weighted by atomic mass is 16.5. The number of nitrogens with one attached hydrogen (secondary N) is 1. The smallest absolute Gasteiger partial charge is 0.223 e. The van der Waals surface area contributed by atoms with Crippen molar-refractivity contribution in [2.45, 2.75) is 64.5 Å². The molecule has 1 amide bonds. The van der Waals surface area contributed by atoms with Gasteiger partial charge in [-0.2, -0.15) is 4.98 Å². The van der Waals surface area contributed by atoms with E-state index >= 15 is 0 Å². The standard InChI is InChI=1S/C14H23N3O3/c1-9(2)11(18)8-12(19)16-14(6-4-5-7-14)13-15-10(3)20-17-13/h9,11,18H,4-8H2,1-3H3,(H,16,19). The molecule has 1 aromatic rings. The number of nitrogens with zero attached hydrogens (tertiary/aromatic N) is 2. The molecule has 1 unspecified atom stereocenters. The fraction of sp³-hybridized carbons (Fsp3) is 0.786. The highest BCUT2D eigenvalue weighted by molar-refractivity contribution is 5.77. The van der Waals surface area contributed by atoms with Crippen LogP contribution in [0.4, 0.5) is 0 Å². The number of aliphatic hydroxyl groups excluding tert-OH is 1. The lowest BCUT2D eigenvalue weighted by Gasteiger charge is -2.27. The van der Waals surface area contributed by atoms with Gasteiger partial charge >= 0.3 is 0 Å². The molecule has 1 atom stereocenters. The number of rotatable bonds is 5. The first-order valence-electron chi connectivity index (χ1n) is 7.23. The molecule has 0 aromatic carbocycles. The molecule has 20 heavy (non-hydrogen) atoms. The zero-order chi connectivity index (χ0) is 14.8. The predicted molar refractivity (Wildman–Crippen MR) is 72.8 cm³/mol. The van der Waals surface area contributed by atoms with E-state index in [2.05, 4.69) is 15.5 Å². The molecular weight excluding hydrogens is 258 g/mol. The van der Waals surface area contributed by atoms with Gasteiger partial charge in [0, 0.05) is 6.92 Å². The molecule has 1 fully saturated rings. The van der Waals surface area contributed by atoms with Crippen molar-refractivity contribution >= 4 is 5.91 Å². The number of aryl methyl sites for hydroxylation is 1. The van der Waals surface area contributed by atoms with Gasteiger partial charge in [-0.3, -0.25) is 4.79 Å². The third kappa shape index (κ3) is 3.17. The van der Waals surface area contributed by atoms with Crippen LogP contribution < -0.4 is 5.32 Å². The summed E-state index contributed by atoms with van der Waals surface area (Å²) in [5.41, 5.74) is -0.522. The maximum absolute atomic E-state index is 12.1. The number of hydrogen-bond donors (Lipinski definition) is 2. The second kappa shape index (κ2) is 5.91. The SMILES string of the molecule is Cc1nc(C2(NC(=O)CC(O)C(C)C)CCCC2)no1. The third-order valence-corrected chi connectivity index (χ3v) is 3.96. The van der Waals surface area contributed by atoms with Gasteiger partial charge in [-0.05, 0) is 18.8 Å². The van der Waals surface area contributed by atoms with E-state index in [1.165, 1.54) is 0 Å². The molecule has 6 heteroatoms. The van der Waals surface area contributed by atoms with E-state index in [1.54, 1.807) is 6.92 Å². The van der Waals surface area contributed by atoms with Crippen LogP contribution in [0.3, 0.4) is 0 Å². The van der Waals surface area contributed by atoms with Crippen molar-refractivity contribution in [3.63, 3.8) is 0 Å². The summed E-state index contributed by atoms with van der Waals surface area (Å²) in [6.45, 7) is 5.53. The zero-order valence-electron chi connectivity index (χ0n) is 12.3. The Bertz CT molecular complexity index is 464. The fourth-order valence-corrected chi connectivity index (χ4v) is 2.62. The fourth-order valence-electron chi connectivity index (χ4n) is 2.62. The molecule has 1 aliphatic carbocycles. The van der Waals surface area contributed by atoms with Crippen molar-refractivity contribution in [2.75, 3.05) is 0 Å². The Labute approximate surface area is 118 Å². The van der Waals surface area contributed by atoms with Crippen LogP contribution in [0, 0.1) is 12.8 Å². The van der Waals surface area contributed by atoms with Crippen LogP contribution >= 0.6 is 0 Å². The first kappa shape index (κ1) is 15.0. The largest absolute Gasteiger partial charge is 0.392 e. The molecule has 0 bridgehead atoms. The van der Waals surface area contributed by atoms with Gasteiger partial charge in [-0.1, -0.05) is 31.8 Å². The Kier molecular flexibility index (Phi) is 4.42. The second-order valence-corrected chi connectivity index (χ2v) is 5.99. The number of carbonyl (C=O) groups excluding carboxylic acids is 1. The molecule has 0 saturated heterocycles. The van der Waals surface area contributed by atoms with Crippen LogP contribution in [0.25, 0.3) is 0 Å². The average Bonchev–Trinajstić information content (AvgIpc) is 2.98. The van der Waals surface area contributed by atoms with Crippen LogP contribution in [0.1, 0.15) is 57.7 Å².